The number of nitrogens with zero attached hydrogens (tertiary/aromatic N) is 4. The predicted octanol–water partition coefficient (Wildman–Crippen LogP) is 2.16. The molecule has 0 aliphatic carbocycles. The van der Waals surface area contributed by atoms with E-state index >= 15 is 0 Å². The highest BCUT2D eigenvalue weighted by atomic mass is 16.5. The fourth-order valence-electron chi connectivity index (χ4n) is 2.97. The summed E-state index contributed by atoms with van der Waals surface area (Å²) in [6.07, 6.45) is 5.37. The normalized spacial score (nSPS) is 16.7. The Balaban J connectivity index is 1.52. The van der Waals surface area contributed by atoms with Crippen molar-refractivity contribution in [3.8, 4) is 5.88 Å². The van der Waals surface area contributed by atoms with E-state index in [4.69, 9.17) is 4.74 Å². The first-order valence-corrected chi connectivity index (χ1v) is 8.60. The molecular weight excluding hydrogens is 316 g/mol. The Morgan fingerprint density at radius 3 is 2.76 bits per heavy atom. The van der Waals surface area contributed by atoms with Gasteiger partial charge in [-0.1, -0.05) is 30.3 Å². The molecule has 0 bridgehead atoms. The fraction of sp³-hybridized carbons (Fsp3) is 0.421. The first kappa shape index (κ1) is 17.2. The maximum atomic E-state index is 12.4. The number of amides is 1. The highest BCUT2D eigenvalue weighted by Gasteiger charge is 2.28. The van der Waals surface area contributed by atoms with E-state index in [1.165, 1.54) is 5.56 Å². The smallest absolute Gasteiger partial charge is 0.257 e. The van der Waals surface area contributed by atoms with Gasteiger partial charge in [0.2, 0.25) is 5.91 Å². The molecule has 1 aromatic carbocycles. The highest BCUT2D eigenvalue weighted by molar-refractivity contribution is 5.76. The molecule has 1 atom stereocenters. The number of hydrogen-bond acceptors (Lipinski definition) is 5. The van der Waals surface area contributed by atoms with Crippen LogP contribution in [0.3, 0.4) is 0 Å². The molecule has 0 N–H and O–H groups in total. The molecule has 1 aromatic heterocycles. The molecule has 6 nitrogen and oxygen atoms in total. The number of anilines is 1. The average Bonchev–Trinajstić information content (AvgIpc) is 3.09. The van der Waals surface area contributed by atoms with Gasteiger partial charge in [0.15, 0.2) is 5.82 Å². The molecule has 6 heteroatoms. The molecule has 2 heterocycles. The second-order valence-corrected chi connectivity index (χ2v) is 6.43. The third kappa shape index (κ3) is 4.47. The number of rotatable bonds is 6. The maximum absolute atomic E-state index is 12.4. The van der Waals surface area contributed by atoms with Crippen molar-refractivity contribution >= 4 is 11.7 Å². The Morgan fingerprint density at radius 2 is 2.00 bits per heavy atom. The summed E-state index contributed by atoms with van der Waals surface area (Å²) in [6.45, 7) is 1.34. The van der Waals surface area contributed by atoms with Crippen LogP contribution in [0.5, 0.6) is 5.88 Å². The zero-order chi connectivity index (χ0) is 17.6. The topological polar surface area (TPSA) is 58.6 Å². The van der Waals surface area contributed by atoms with Gasteiger partial charge in [-0.25, -0.2) is 9.97 Å². The van der Waals surface area contributed by atoms with Crippen LogP contribution in [0.15, 0.2) is 42.7 Å². The average molecular weight is 340 g/mol. The predicted molar refractivity (Wildman–Crippen MR) is 96.7 cm³/mol. The minimum atomic E-state index is -0.0314. The summed E-state index contributed by atoms with van der Waals surface area (Å²) in [5.41, 5.74) is 1.19. The van der Waals surface area contributed by atoms with Gasteiger partial charge in [0.05, 0.1) is 6.54 Å². The number of carbonyl (C=O) groups excluding carboxylic acids is 1. The third-order valence-corrected chi connectivity index (χ3v) is 4.32. The lowest BCUT2D eigenvalue weighted by atomic mass is 10.1. The standard InChI is InChI=1S/C19H24N4O2/c1-22(2)18-19(21-12-11-20-18)25-16-10-13-23(14-16)17(24)9-8-15-6-4-3-5-7-15/h3-7,11-12,16H,8-10,13-14H2,1-2H3. The van der Waals surface area contributed by atoms with Gasteiger partial charge in [0.1, 0.15) is 6.10 Å². The SMILES string of the molecule is CN(C)c1nccnc1OC1CCN(C(=O)CCc2ccccc2)C1. The minimum Gasteiger partial charge on any atom is -0.470 e. The van der Waals surface area contributed by atoms with Gasteiger partial charge in [0.25, 0.3) is 5.88 Å². The van der Waals surface area contributed by atoms with Crippen molar-refractivity contribution in [2.75, 3.05) is 32.1 Å². The number of benzene rings is 1. The van der Waals surface area contributed by atoms with Crippen LogP contribution in [-0.2, 0) is 11.2 Å². The molecule has 1 fully saturated rings. The molecular formula is C19H24N4O2. The molecule has 1 aliphatic heterocycles. The number of aryl methyl sites for hydroxylation is 1. The van der Waals surface area contributed by atoms with Crippen LogP contribution in [0.4, 0.5) is 5.82 Å². The molecule has 132 valence electrons. The Kier molecular flexibility index (Phi) is 5.48. The molecule has 1 saturated heterocycles. The second-order valence-electron chi connectivity index (χ2n) is 6.43. The quantitative estimate of drug-likeness (QED) is 0.806. The lowest BCUT2D eigenvalue weighted by Gasteiger charge is -2.19. The van der Waals surface area contributed by atoms with Crippen molar-refractivity contribution in [3.63, 3.8) is 0 Å². The molecule has 3 rings (SSSR count). The van der Waals surface area contributed by atoms with Crippen molar-refractivity contribution in [1.29, 1.82) is 0 Å². The van der Waals surface area contributed by atoms with E-state index in [0.717, 1.165) is 19.4 Å². The summed E-state index contributed by atoms with van der Waals surface area (Å²) >= 11 is 0. The van der Waals surface area contributed by atoms with Crippen LogP contribution < -0.4 is 9.64 Å². The van der Waals surface area contributed by atoms with Gasteiger partial charge in [0, 0.05) is 45.9 Å². The zero-order valence-electron chi connectivity index (χ0n) is 14.8. The van der Waals surface area contributed by atoms with Crippen molar-refractivity contribution in [2.45, 2.75) is 25.4 Å². The molecule has 0 radical (unpaired) electrons. The van der Waals surface area contributed by atoms with E-state index in [-0.39, 0.29) is 12.0 Å². The second kappa shape index (κ2) is 7.96. The van der Waals surface area contributed by atoms with E-state index in [2.05, 4.69) is 22.1 Å². The molecule has 2 aromatic rings. The van der Waals surface area contributed by atoms with Gasteiger partial charge in [-0.2, -0.15) is 0 Å². The Bertz CT molecular complexity index is 706. The summed E-state index contributed by atoms with van der Waals surface area (Å²) in [4.78, 5) is 24.8. The molecule has 1 aliphatic rings. The van der Waals surface area contributed by atoms with Crippen LogP contribution >= 0.6 is 0 Å². The van der Waals surface area contributed by atoms with E-state index in [1.807, 2.05) is 42.1 Å². The molecule has 0 saturated carbocycles. The highest BCUT2D eigenvalue weighted by Crippen LogP contribution is 2.24. The lowest BCUT2D eigenvalue weighted by Crippen LogP contribution is -2.31. The zero-order valence-corrected chi connectivity index (χ0v) is 14.8. The van der Waals surface area contributed by atoms with Crippen LogP contribution in [0.2, 0.25) is 0 Å². The summed E-state index contributed by atoms with van der Waals surface area (Å²) in [6, 6.07) is 10.1. The maximum Gasteiger partial charge on any atom is 0.257 e. The number of carbonyl (C=O) groups is 1. The Hall–Kier alpha value is -2.63. The van der Waals surface area contributed by atoms with E-state index in [1.54, 1.807) is 12.4 Å². The van der Waals surface area contributed by atoms with Gasteiger partial charge in [-0.3, -0.25) is 4.79 Å². The van der Waals surface area contributed by atoms with Crippen LogP contribution in [0.1, 0.15) is 18.4 Å². The molecule has 0 spiro atoms. The number of likely N-dealkylation sites (tertiary alicyclic amines) is 1. The van der Waals surface area contributed by atoms with Gasteiger partial charge < -0.3 is 14.5 Å². The van der Waals surface area contributed by atoms with E-state index in [0.29, 0.717) is 24.7 Å². The van der Waals surface area contributed by atoms with Crippen molar-refractivity contribution in [3.05, 3.63) is 48.3 Å². The lowest BCUT2D eigenvalue weighted by molar-refractivity contribution is -0.130. The first-order chi connectivity index (χ1) is 12.1. The van der Waals surface area contributed by atoms with Crippen molar-refractivity contribution in [1.82, 2.24) is 14.9 Å². The third-order valence-electron chi connectivity index (χ3n) is 4.32. The molecule has 1 unspecified atom stereocenters. The van der Waals surface area contributed by atoms with Gasteiger partial charge in [-0.05, 0) is 12.0 Å². The summed E-state index contributed by atoms with van der Waals surface area (Å²) in [5.74, 6) is 1.41. The van der Waals surface area contributed by atoms with Crippen molar-refractivity contribution in [2.24, 2.45) is 0 Å². The monoisotopic (exact) mass is 340 g/mol. The summed E-state index contributed by atoms with van der Waals surface area (Å²) < 4.78 is 6.00. The summed E-state index contributed by atoms with van der Waals surface area (Å²) in [7, 11) is 3.82. The van der Waals surface area contributed by atoms with Gasteiger partial charge in [-0.15, -0.1) is 0 Å². The Morgan fingerprint density at radius 1 is 1.24 bits per heavy atom. The number of aromatic nitrogens is 2. The summed E-state index contributed by atoms with van der Waals surface area (Å²) in [5, 5.41) is 0. The minimum absolute atomic E-state index is 0.0314. The largest absolute Gasteiger partial charge is 0.470 e. The van der Waals surface area contributed by atoms with Crippen LogP contribution in [0, 0.1) is 0 Å². The fourth-order valence-corrected chi connectivity index (χ4v) is 2.97. The van der Waals surface area contributed by atoms with E-state index < -0.39 is 0 Å². The van der Waals surface area contributed by atoms with Crippen LogP contribution in [-0.4, -0.2) is 54.1 Å². The van der Waals surface area contributed by atoms with Crippen LogP contribution in [0.25, 0.3) is 0 Å². The first-order valence-electron chi connectivity index (χ1n) is 8.60. The van der Waals surface area contributed by atoms with E-state index in [9.17, 15) is 4.79 Å². The van der Waals surface area contributed by atoms with Crippen molar-refractivity contribution < 1.29 is 9.53 Å². The Labute approximate surface area is 148 Å². The molecule has 1 amide bonds. The molecule has 25 heavy (non-hydrogen) atoms. The number of hydrogen-bond donors (Lipinski definition) is 0. The van der Waals surface area contributed by atoms with Gasteiger partial charge >= 0.3 is 0 Å². The number of ether oxygens (including phenoxy) is 1.